The number of hydrogen-bond acceptors (Lipinski definition) is 10. The molecule has 1 aromatic carbocycles. The minimum Gasteiger partial charge on any atom is -0.506 e. The van der Waals surface area contributed by atoms with Gasteiger partial charge in [-0.2, -0.15) is 0 Å². The molecular formula is C26H31N3O8. The highest BCUT2D eigenvalue weighted by atomic mass is 16.6. The molecule has 1 amide bonds. The van der Waals surface area contributed by atoms with Gasteiger partial charge < -0.3 is 25.7 Å². The van der Waals surface area contributed by atoms with Crippen LogP contribution in [0.25, 0.3) is 0 Å². The molecule has 0 heterocycles. The molecule has 3 aliphatic rings. The first-order chi connectivity index (χ1) is 17.1. The summed E-state index contributed by atoms with van der Waals surface area (Å²) in [5.74, 6) is -10.5. The fraction of sp³-hybridized carbons (Fsp3) is 0.538. The van der Waals surface area contributed by atoms with Crippen molar-refractivity contribution >= 4 is 40.9 Å². The van der Waals surface area contributed by atoms with E-state index in [-0.39, 0.29) is 30.4 Å². The normalized spacial score (nSPS) is 29.6. The van der Waals surface area contributed by atoms with E-state index in [1.165, 1.54) is 6.21 Å². The van der Waals surface area contributed by atoms with Gasteiger partial charge >= 0.3 is 0 Å². The van der Waals surface area contributed by atoms with Crippen molar-refractivity contribution < 1.29 is 39.0 Å². The average Bonchev–Trinajstić information content (AvgIpc) is 2.76. The Kier molecular flexibility index (Phi) is 6.26. The third kappa shape index (κ3) is 4.11. The molecule has 37 heavy (non-hydrogen) atoms. The van der Waals surface area contributed by atoms with Gasteiger partial charge in [0.15, 0.2) is 34.7 Å². The number of aromatic hydroxyl groups is 1. The van der Waals surface area contributed by atoms with E-state index in [1.807, 2.05) is 0 Å². The fourth-order valence-corrected chi connectivity index (χ4v) is 5.77. The molecule has 2 unspecified atom stereocenters. The smallest absolute Gasteiger partial charge is 0.235 e. The molecular weight excluding hydrogens is 482 g/mol. The third-order valence-electron chi connectivity index (χ3n) is 7.41. The molecule has 11 nitrogen and oxygen atoms in total. The summed E-state index contributed by atoms with van der Waals surface area (Å²) in [6, 6.07) is 1.66. The molecule has 11 heteroatoms. The van der Waals surface area contributed by atoms with Crippen LogP contribution < -0.4 is 10.6 Å². The number of anilines is 1. The summed E-state index contributed by atoms with van der Waals surface area (Å²) in [4.78, 5) is 71.8. The Labute approximate surface area is 213 Å². The number of carbonyl (C=O) groups excluding carboxylic acids is 5. The topological polar surface area (TPSA) is 177 Å². The van der Waals surface area contributed by atoms with Crippen LogP contribution >= 0.6 is 0 Å². The number of Topliss-reactive ketones (excluding diaryl/α,β-unsaturated/α-hetero) is 4. The summed E-state index contributed by atoms with van der Waals surface area (Å²) >= 11 is 0. The van der Waals surface area contributed by atoms with E-state index >= 15 is 0 Å². The van der Waals surface area contributed by atoms with Gasteiger partial charge in [0.1, 0.15) is 11.4 Å². The predicted molar refractivity (Wildman–Crippen MR) is 131 cm³/mol. The van der Waals surface area contributed by atoms with E-state index < -0.39 is 69.7 Å². The number of rotatable bonds is 4. The maximum atomic E-state index is 13.8. The second-order valence-corrected chi connectivity index (χ2v) is 11.3. The van der Waals surface area contributed by atoms with Crippen LogP contribution in [0.5, 0.6) is 5.75 Å². The second-order valence-electron chi connectivity index (χ2n) is 11.3. The summed E-state index contributed by atoms with van der Waals surface area (Å²) in [6.45, 7) is 5.38. The number of ketones is 4. The number of carbonyl (C=O) groups is 5. The first-order valence-electron chi connectivity index (χ1n) is 12.0. The highest BCUT2D eigenvalue weighted by molar-refractivity contribution is 6.31. The van der Waals surface area contributed by atoms with Gasteiger partial charge in [-0.25, -0.2) is 0 Å². The van der Waals surface area contributed by atoms with Crippen molar-refractivity contribution in [2.24, 2.45) is 34.6 Å². The monoisotopic (exact) mass is 513 g/mol. The van der Waals surface area contributed by atoms with Crippen LogP contribution in [0.3, 0.4) is 0 Å². The maximum Gasteiger partial charge on any atom is 0.235 e. The van der Waals surface area contributed by atoms with E-state index in [4.69, 9.17) is 10.6 Å². The van der Waals surface area contributed by atoms with Crippen LogP contribution in [0.2, 0.25) is 0 Å². The standard InChI is InChI=1S/C26H31N3O8/c1-25(2,3)37-28-10-12-8-15(29(4)5)14-7-11-6-13-9-16(30)19(24(27)35)23(34)26(13,36)22(33)17(11)21(32)18(14)20(12)31/h8,10-11,13,17,19,31,36H,6-7,9H2,1-5H3,(H2,27,35)/b28-10-/t11-,13+,17?,19?,26+/m1/s1. The van der Waals surface area contributed by atoms with Crippen LogP contribution in [0.15, 0.2) is 11.2 Å². The zero-order valence-corrected chi connectivity index (χ0v) is 21.4. The highest BCUT2D eigenvalue weighted by Gasteiger charge is 2.66. The van der Waals surface area contributed by atoms with Crippen molar-refractivity contribution in [3.8, 4) is 5.75 Å². The van der Waals surface area contributed by atoms with E-state index in [1.54, 1.807) is 45.8 Å². The van der Waals surface area contributed by atoms with E-state index in [0.717, 1.165) is 0 Å². The van der Waals surface area contributed by atoms with Crippen LogP contribution in [-0.2, 0) is 30.4 Å². The quantitative estimate of drug-likeness (QED) is 0.295. The van der Waals surface area contributed by atoms with Crippen LogP contribution in [-0.4, -0.2) is 70.8 Å². The largest absolute Gasteiger partial charge is 0.506 e. The molecule has 198 valence electrons. The molecule has 0 aromatic heterocycles. The lowest BCUT2D eigenvalue weighted by atomic mass is 9.53. The van der Waals surface area contributed by atoms with Crippen molar-refractivity contribution in [3.05, 3.63) is 22.8 Å². The van der Waals surface area contributed by atoms with Crippen LogP contribution in [0.4, 0.5) is 5.69 Å². The lowest BCUT2D eigenvalue weighted by molar-refractivity contribution is -0.175. The number of oxime groups is 1. The minimum atomic E-state index is -2.68. The van der Waals surface area contributed by atoms with Gasteiger partial charge in [-0.05, 0) is 51.2 Å². The van der Waals surface area contributed by atoms with Gasteiger partial charge in [-0.3, -0.25) is 24.0 Å². The number of phenols is 1. The second kappa shape index (κ2) is 8.76. The Morgan fingerprint density at radius 2 is 1.84 bits per heavy atom. The summed E-state index contributed by atoms with van der Waals surface area (Å²) in [7, 11) is 3.53. The third-order valence-corrected chi connectivity index (χ3v) is 7.41. The molecule has 5 atom stereocenters. The summed E-state index contributed by atoms with van der Waals surface area (Å²) < 4.78 is 0. The molecule has 0 radical (unpaired) electrons. The molecule has 2 saturated carbocycles. The number of amides is 1. The summed E-state index contributed by atoms with van der Waals surface area (Å²) in [5.41, 5.74) is 3.18. The molecule has 0 aliphatic heterocycles. The van der Waals surface area contributed by atoms with Gasteiger partial charge in [-0.1, -0.05) is 5.16 Å². The van der Waals surface area contributed by atoms with Crippen molar-refractivity contribution in [2.75, 3.05) is 19.0 Å². The number of hydrogen-bond donors (Lipinski definition) is 3. The zero-order valence-electron chi connectivity index (χ0n) is 21.4. The van der Waals surface area contributed by atoms with Crippen LogP contribution in [0, 0.1) is 23.7 Å². The van der Waals surface area contributed by atoms with Crippen LogP contribution in [0.1, 0.15) is 55.1 Å². The Morgan fingerprint density at radius 1 is 1.19 bits per heavy atom. The van der Waals surface area contributed by atoms with Crippen molar-refractivity contribution in [3.63, 3.8) is 0 Å². The van der Waals surface area contributed by atoms with Crippen molar-refractivity contribution in [2.45, 2.75) is 51.2 Å². The van der Waals surface area contributed by atoms with Crippen molar-refractivity contribution in [1.29, 1.82) is 0 Å². The minimum absolute atomic E-state index is 0.0390. The van der Waals surface area contributed by atoms with E-state index in [0.29, 0.717) is 11.3 Å². The lowest BCUT2D eigenvalue weighted by Gasteiger charge is -2.48. The molecule has 0 saturated heterocycles. The Bertz CT molecular complexity index is 1260. The SMILES string of the molecule is CN(C)c1cc(/C=N\OC(C)(C)C)c(O)c2c1C[C@H]1C[C@H]3CC(=O)C(C(N)=O)C(=O)[C@@]3(O)C(=O)C1C2=O. The zero-order chi connectivity index (χ0) is 27.6. The Hall–Kier alpha value is -3.60. The summed E-state index contributed by atoms with van der Waals surface area (Å²) in [5, 5.41) is 26.3. The number of primary amides is 1. The number of fused-ring (bicyclic) bond motifs is 3. The molecule has 4 N–H and O–H groups in total. The molecule has 0 spiro atoms. The highest BCUT2D eigenvalue weighted by Crippen LogP contribution is 2.51. The van der Waals surface area contributed by atoms with Gasteiger partial charge in [0.2, 0.25) is 5.91 Å². The molecule has 4 rings (SSSR count). The van der Waals surface area contributed by atoms with E-state index in [2.05, 4.69) is 5.16 Å². The fourth-order valence-electron chi connectivity index (χ4n) is 5.77. The number of aliphatic hydroxyl groups is 1. The molecule has 3 aliphatic carbocycles. The first kappa shape index (κ1) is 26.5. The number of nitrogens with two attached hydrogens (primary N) is 1. The lowest BCUT2D eigenvalue weighted by Crippen LogP contribution is -2.68. The number of phenolic OH excluding ortho intramolecular Hbond substituents is 1. The van der Waals surface area contributed by atoms with Gasteiger partial charge in [-0.15, -0.1) is 0 Å². The molecule has 2 fully saturated rings. The average molecular weight is 514 g/mol. The molecule has 1 aromatic rings. The van der Waals surface area contributed by atoms with Gasteiger partial charge in [0.05, 0.1) is 17.7 Å². The number of benzene rings is 1. The van der Waals surface area contributed by atoms with E-state index in [9.17, 15) is 34.2 Å². The summed E-state index contributed by atoms with van der Waals surface area (Å²) in [6.07, 6.45) is 1.13. The predicted octanol–water partition coefficient (Wildman–Crippen LogP) is 0.542. The molecule has 0 bridgehead atoms. The maximum absolute atomic E-state index is 13.8. The van der Waals surface area contributed by atoms with Gasteiger partial charge in [0, 0.05) is 37.7 Å². The van der Waals surface area contributed by atoms with Crippen molar-refractivity contribution in [1.82, 2.24) is 0 Å². The van der Waals surface area contributed by atoms with Gasteiger partial charge in [0.25, 0.3) is 0 Å². The number of nitrogens with zero attached hydrogens (tertiary/aromatic N) is 2. The Morgan fingerprint density at radius 3 is 2.41 bits per heavy atom. The Balaban J connectivity index is 1.81. The first-order valence-corrected chi connectivity index (χ1v) is 12.0.